The molecule has 0 saturated carbocycles. The number of hydrogen-bond donors (Lipinski definition) is 2. The summed E-state index contributed by atoms with van der Waals surface area (Å²) < 4.78 is 8.01. The number of nitro groups is 1. The third kappa shape index (κ3) is 6.93. The van der Waals surface area contributed by atoms with Crippen LogP contribution in [0.15, 0.2) is 79.1 Å². The first-order chi connectivity index (χ1) is 21.7. The predicted molar refractivity (Wildman–Crippen MR) is 171 cm³/mol. The van der Waals surface area contributed by atoms with Crippen molar-refractivity contribution in [3.05, 3.63) is 106 Å². The van der Waals surface area contributed by atoms with Gasteiger partial charge in [-0.2, -0.15) is 0 Å². The minimum Gasteiger partial charge on any atom is -0.445 e. The summed E-state index contributed by atoms with van der Waals surface area (Å²) >= 11 is 1.10. The van der Waals surface area contributed by atoms with E-state index in [2.05, 4.69) is 38.1 Å². The summed E-state index contributed by atoms with van der Waals surface area (Å²) in [6.07, 6.45) is 4.95. The van der Waals surface area contributed by atoms with Crippen LogP contribution in [-0.2, 0) is 17.8 Å². The number of fused-ring (bicyclic) bond motifs is 1. The molecule has 45 heavy (non-hydrogen) atoms. The zero-order valence-corrected chi connectivity index (χ0v) is 25.3. The zero-order chi connectivity index (χ0) is 31.5. The molecule has 1 aliphatic rings. The second kappa shape index (κ2) is 13.0. The molecule has 0 radical (unpaired) electrons. The quantitative estimate of drug-likeness (QED) is 0.140. The number of piperidine rings is 1. The Kier molecular flexibility index (Phi) is 8.69. The van der Waals surface area contributed by atoms with Crippen LogP contribution in [-0.4, -0.2) is 55.4 Å². The van der Waals surface area contributed by atoms with Gasteiger partial charge in [0.1, 0.15) is 11.5 Å². The van der Waals surface area contributed by atoms with Crippen LogP contribution in [0.4, 0.5) is 10.8 Å². The highest BCUT2D eigenvalue weighted by Gasteiger charge is 2.20. The van der Waals surface area contributed by atoms with E-state index in [1.807, 2.05) is 24.3 Å². The molecular formula is C33H31N5O6S. The van der Waals surface area contributed by atoms with Crippen molar-refractivity contribution in [2.45, 2.75) is 38.8 Å². The number of carbonyl (C=O) groups is 2. The topological polar surface area (TPSA) is 140 Å². The van der Waals surface area contributed by atoms with Crippen molar-refractivity contribution in [1.82, 2.24) is 14.5 Å². The van der Waals surface area contributed by atoms with Crippen LogP contribution in [0, 0.1) is 10.1 Å². The van der Waals surface area contributed by atoms with Crippen LogP contribution in [0.5, 0.6) is 10.8 Å². The molecule has 0 unspecified atom stereocenters. The van der Waals surface area contributed by atoms with Crippen LogP contribution in [0.3, 0.4) is 0 Å². The molecule has 6 rings (SSSR count). The van der Waals surface area contributed by atoms with Crippen LogP contribution < -0.4 is 10.1 Å². The second-order valence-corrected chi connectivity index (χ2v) is 12.1. The number of nitro benzene ring substituents is 1. The number of benzene rings is 3. The fraction of sp³-hybridized carbons (Fsp3) is 0.242. The smallest absolute Gasteiger partial charge is 0.269 e. The number of thiazole rings is 1. The number of aromatic nitrogens is 2. The van der Waals surface area contributed by atoms with E-state index in [1.54, 1.807) is 12.1 Å². The fourth-order valence-electron chi connectivity index (χ4n) is 5.51. The summed E-state index contributed by atoms with van der Waals surface area (Å²) in [7, 11) is 0. The number of likely N-dealkylation sites (tertiary alicyclic amines) is 1. The summed E-state index contributed by atoms with van der Waals surface area (Å²) in [6.45, 7) is 3.95. The lowest BCUT2D eigenvalue weighted by Gasteiger charge is -2.29. The summed E-state index contributed by atoms with van der Waals surface area (Å²) in [5, 5.41) is 25.7. The number of para-hydroxylation sites is 1. The van der Waals surface area contributed by atoms with Crippen LogP contribution >= 0.6 is 11.3 Å². The van der Waals surface area contributed by atoms with Crippen molar-refractivity contribution in [2.24, 2.45) is 0 Å². The number of amides is 1. The van der Waals surface area contributed by atoms with Crippen molar-refractivity contribution in [3.63, 3.8) is 0 Å². The van der Waals surface area contributed by atoms with Crippen molar-refractivity contribution >= 4 is 44.7 Å². The number of ketones is 1. The van der Waals surface area contributed by atoms with Gasteiger partial charge in [0.15, 0.2) is 5.13 Å². The average Bonchev–Trinajstić information content (AvgIpc) is 3.63. The summed E-state index contributed by atoms with van der Waals surface area (Å²) in [4.78, 5) is 42.0. The minimum atomic E-state index is -0.526. The van der Waals surface area contributed by atoms with Gasteiger partial charge < -0.3 is 14.4 Å². The SMILES string of the molecule is CC(=O)Cc1cc([N+](=O)[O-])ccc1Oc1cnc(NC(=O)c2ccc(-n3cc(CN4CCC(O)CC4)c4ccccc43)cc2)s1. The van der Waals surface area contributed by atoms with Gasteiger partial charge in [0.25, 0.3) is 11.6 Å². The molecule has 0 atom stereocenters. The highest BCUT2D eigenvalue weighted by molar-refractivity contribution is 7.17. The predicted octanol–water partition coefficient (Wildman–Crippen LogP) is 6.13. The van der Waals surface area contributed by atoms with Gasteiger partial charge in [-0.25, -0.2) is 4.98 Å². The van der Waals surface area contributed by atoms with E-state index in [-0.39, 0.29) is 29.9 Å². The molecule has 12 heteroatoms. The van der Waals surface area contributed by atoms with Crippen LogP contribution in [0.2, 0.25) is 0 Å². The zero-order valence-electron chi connectivity index (χ0n) is 24.5. The summed E-state index contributed by atoms with van der Waals surface area (Å²) in [6, 6.07) is 19.7. The fourth-order valence-corrected chi connectivity index (χ4v) is 6.19. The molecule has 230 valence electrons. The number of aliphatic hydroxyl groups excluding tert-OH is 1. The molecule has 1 saturated heterocycles. The highest BCUT2D eigenvalue weighted by Crippen LogP contribution is 2.34. The monoisotopic (exact) mass is 625 g/mol. The normalized spacial score (nSPS) is 14.0. The Morgan fingerprint density at radius 1 is 1.09 bits per heavy atom. The van der Waals surface area contributed by atoms with Crippen molar-refractivity contribution in [3.8, 4) is 16.5 Å². The number of rotatable bonds is 10. The summed E-state index contributed by atoms with van der Waals surface area (Å²) in [5.41, 5.74) is 3.94. The maximum absolute atomic E-state index is 13.1. The molecule has 0 spiro atoms. The molecular weight excluding hydrogens is 594 g/mol. The van der Waals surface area contributed by atoms with Crippen LogP contribution in [0.1, 0.15) is 41.3 Å². The number of ether oxygens (including phenoxy) is 1. The third-order valence-electron chi connectivity index (χ3n) is 7.76. The number of aliphatic hydroxyl groups is 1. The van der Waals surface area contributed by atoms with E-state index >= 15 is 0 Å². The molecule has 0 aliphatic carbocycles. The van der Waals surface area contributed by atoms with E-state index in [0.717, 1.165) is 55.0 Å². The van der Waals surface area contributed by atoms with Gasteiger partial charge >= 0.3 is 0 Å². The van der Waals surface area contributed by atoms with Gasteiger partial charge in [-0.3, -0.25) is 29.9 Å². The van der Waals surface area contributed by atoms with E-state index in [1.165, 1.54) is 42.3 Å². The second-order valence-electron chi connectivity index (χ2n) is 11.1. The van der Waals surface area contributed by atoms with Crippen molar-refractivity contribution < 1.29 is 24.4 Å². The standard InChI is InChI=1S/C33H31N5O6S/c1-21(39)16-23-17-26(38(42)43)10-11-30(23)44-31-18-34-33(45-31)35-32(41)22-6-8-25(9-7-22)37-20-24(28-4-2-3-5-29(28)37)19-36-14-12-27(40)13-15-36/h2-11,17-18,20,27,40H,12-16,19H2,1H3,(H,34,35,41). The largest absolute Gasteiger partial charge is 0.445 e. The number of Topliss-reactive ketones (excluding diaryl/α,β-unsaturated/α-hetero) is 1. The number of anilines is 1. The highest BCUT2D eigenvalue weighted by atomic mass is 32.1. The van der Waals surface area contributed by atoms with E-state index in [4.69, 9.17) is 4.74 Å². The summed E-state index contributed by atoms with van der Waals surface area (Å²) in [5.74, 6) is -0.184. The number of hydrogen-bond acceptors (Lipinski definition) is 9. The van der Waals surface area contributed by atoms with E-state index < -0.39 is 4.92 Å². The van der Waals surface area contributed by atoms with Gasteiger partial charge in [-0.1, -0.05) is 29.5 Å². The molecule has 3 heterocycles. The Morgan fingerprint density at radius 2 is 1.84 bits per heavy atom. The lowest BCUT2D eigenvalue weighted by molar-refractivity contribution is -0.384. The lowest BCUT2D eigenvalue weighted by atomic mass is 10.1. The molecule has 11 nitrogen and oxygen atoms in total. The average molecular weight is 626 g/mol. The number of non-ortho nitro benzene ring substituents is 1. The molecule has 1 aliphatic heterocycles. The maximum atomic E-state index is 13.1. The van der Waals surface area contributed by atoms with Gasteiger partial charge in [-0.05, 0) is 61.7 Å². The van der Waals surface area contributed by atoms with Gasteiger partial charge in [-0.15, -0.1) is 0 Å². The van der Waals surface area contributed by atoms with Crippen molar-refractivity contribution in [1.29, 1.82) is 0 Å². The number of nitrogens with one attached hydrogen (secondary N) is 1. The Labute approximate surface area is 262 Å². The van der Waals surface area contributed by atoms with Crippen LogP contribution in [0.25, 0.3) is 16.6 Å². The van der Waals surface area contributed by atoms with Gasteiger partial charge in [0.2, 0.25) is 5.06 Å². The first kappa shape index (κ1) is 30.1. The molecule has 2 aromatic heterocycles. The Morgan fingerprint density at radius 3 is 2.58 bits per heavy atom. The lowest BCUT2D eigenvalue weighted by Crippen LogP contribution is -2.35. The maximum Gasteiger partial charge on any atom is 0.269 e. The first-order valence-electron chi connectivity index (χ1n) is 14.5. The molecule has 1 amide bonds. The first-order valence-corrected chi connectivity index (χ1v) is 15.4. The van der Waals surface area contributed by atoms with Crippen molar-refractivity contribution in [2.75, 3.05) is 18.4 Å². The number of nitrogens with zero attached hydrogens (tertiary/aromatic N) is 4. The van der Waals surface area contributed by atoms with E-state index in [0.29, 0.717) is 27.1 Å². The number of carbonyl (C=O) groups excluding carboxylic acids is 2. The minimum absolute atomic E-state index is 0.0149. The molecule has 3 aromatic carbocycles. The molecule has 5 aromatic rings. The Balaban J connectivity index is 1.14. The Hall–Kier alpha value is -4.91. The Bertz CT molecular complexity index is 1870. The molecule has 2 N–H and O–H groups in total. The van der Waals surface area contributed by atoms with Gasteiger partial charge in [0, 0.05) is 66.6 Å². The molecule has 1 fully saturated rings. The molecule has 0 bridgehead atoms. The van der Waals surface area contributed by atoms with Gasteiger partial charge in [0.05, 0.1) is 22.7 Å². The third-order valence-corrected chi connectivity index (χ3v) is 8.55. The van der Waals surface area contributed by atoms with E-state index in [9.17, 15) is 24.8 Å².